The van der Waals surface area contributed by atoms with Crippen LogP contribution in [0.5, 0.6) is 0 Å². The summed E-state index contributed by atoms with van der Waals surface area (Å²) in [7, 11) is 0. The fourth-order valence-corrected chi connectivity index (χ4v) is 6.55. The summed E-state index contributed by atoms with van der Waals surface area (Å²) >= 11 is 1.44. The van der Waals surface area contributed by atoms with Crippen molar-refractivity contribution in [1.82, 2.24) is 24.6 Å². The van der Waals surface area contributed by atoms with Crippen molar-refractivity contribution in [2.75, 3.05) is 18.4 Å². The van der Waals surface area contributed by atoms with Crippen molar-refractivity contribution in [3.8, 4) is 10.4 Å². The fourth-order valence-electron chi connectivity index (χ4n) is 5.58. The topological polar surface area (TPSA) is 95.9 Å². The van der Waals surface area contributed by atoms with Gasteiger partial charge in [-0.15, -0.1) is 11.3 Å². The van der Waals surface area contributed by atoms with Crippen LogP contribution in [0, 0.1) is 12.3 Å². The lowest BCUT2D eigenvalue weighted by atomic mass is 9.65. The van der Waals surface area contributed by atoms with Gasteiger partial charge in [-0.1, -0.05) is 18.7 Å². The average molecular weight is 487 g/mol. The quantitative estimate of drug-likeness (QED) is 0.397. The van der Waals surface area contributed by atoms with Crippen molar-refractivity contribution in [1.29, 1.82) is 0 Å². The van der Waals surface area contributed by atoms with Crippen LogP contribution in [0.25, 0.3) is 21.5 Å². The summed E-state index contributed by atoms with van der Waals surface area (Å²) in [6.07, 6.45) is 6.10. The van der Waals surface area contributed by atoms with Gasteiger partial charge in [0.1, 0.15) is 0 Å². The summed E-state index contributed by atoms with van der Waals surface area (Å²) in [6, 6.07) is 12.0. The van der Waals surface area contributed by atoms with Crippen LogP contribution in [-0.4, -0.2) is 49.6 Å². The van der Waals surface area contributed by atoms with Crippen molar-refractivity contribution < 1.29 is 9.59 Å². The molecule has 0 atom stereocenters. The Balaban J connectivity index is 1.25. The van der Waals surface area contributed by atoms with Crippen molar-refractivity contribution in [3.05, 3.63) is 65.8 Å². The fraction of sp³-hybridized carbons (Fsp3) is 0.308. The number of aryl methyl sites for hydroxylation is 1. The first-order valence-corrected chi connectivity index (χ1v) is 12.6. The molecule has 1 aliphatic heterocycles. The van der Waals surface area contributed by atoms with E-state index in [1.54, 1.807) is 6.20 Å². The smallest absolute Gasteiger partial charge is 0.268 e. The van der Waals surface area contributed by atoms with Gasteiger partial charge in [-0.2, -0.15) is 5.10 Å². The molecule has 1 saturated carbocycles. The number of likely N-dealkylation sites (tertiary alicyclic amines) is 1. The lowest BCUT2D eigenvalue weighted by Gasteiger charge is -2.46. The molecule has 1 saturated heterocycles. The predicted octanol–water partition coefficient (Wildman–Crippen LogP) is 4.79. The number of H-pyrrole nitrogens is 1. The van der Waals surface area contributed by atoms with E-state index in [4.69, 9.17) is 4.98 Å². The van der Waals surface area contributed by atoms with Crippen molar-refractivity contribution in [2.45, 2.75) is 32.2 Å². The van der Waals surface area contributed by atoms with E-state index in [2.05, 4.69) is 32.7 Å². The molecule has 2 aliphatic rings. The minimum Gasteiger partial charge on any atom is -0.339 e. The Labute approximate surface area is 206 Å². The van der Waals surface area contributed by atoms with Crippen LogP contribution in [0.4, 0.5) is 5.95 Å². The van der Waals surface area contributed by atoms with E-state index in [0.717, 1.165) is 59.5 Å². The third-order valence-electron chi connectivity index (χ3n) is 7.37. The van der Waals surface area contributed by atoms with Crippen LogP contribution < -0.4 is 5.32 Å². The maximum Gasteiger partial charge on any atom is 0.268 e. The third kappa shape index (κ3) is 3.67. The van der Waals surface area contributed by atoms with Gasteiger partial charge in [0.05, 0.1) is 22.1 Å². The number of aromatic amines is 1. The molecule has 1 spiro atoms. The SMILES string of the molecule is C=CC(=O)N1CCC2(CC(n3c(NC(=O)c4ccc(-c5cn[nH]c5C)s4)nc4ccccc43)C2)C1. The van der Waals surface area contributed by atoms with Crippen LogP contribution in [0.1, 0.15) is 40.7 Å². The molecular weight excluding hydrogens is 460 g/mol. The van der Waals surface area contributed by atoms with Crippen molar-refractivity contribution in [3.63, 3.8) is 0 Å². The Morgan fingerprint density at radius 2 is 2.09 bits per heavy atom. The second-order valence-electron chi connectivity index (χ2n) is 9.60. The van der Waals surface area contributed by atoms with Gasteiger partial charge in [0.2, 0.25) is 11.9 Å². The highest BCUT2D eigenvalue weighted by atomic mass is 32.1. The lowest BCUT2D eigenvalue weighted by Crippen LogP contribution is -2.42. The van der Waals surface area contributed by atoms with E-state index in [1.807, 2.05) is 42.2 Å². The number of amides is 2. The molecule has 1 aromatic carbocycles. The molecule has 2 fully saturated rings. The number of anilines is 1. The second-order valence-corrected chi connectivity index (χ2v) is 10.7. The predicted molar refractivity (Wildman–Crippen MR) is 136 cm³/mol. The number of para-hydroxylation sites is 2. The molecule has 4 aromatic rings. The van der Waals surface area contributed by atoms with E-state index < -0.39 is 0 Å². The summed E-state index contributed by atoms with van der Waals surface area (Å²) in [4.78, 5) is 33.6. The molecule has 3 aromatic heterocycles. The molecule has 35 heavy (non-hydrogen) atoms. The Morgan fingerprint density at radius 1 is 1.26 bits per heavy atom. The molecule has 0 bridgehead atoms. The number of carbonyl (C=O) groups is 2. The standard InChI is InChI=1S/C26H26N6O2S/c1-3-23(33)31-11-10-26(15-31)12-17(13-26)32-20-7-5-4-6-19(20)28-25(32)29-24(34)22-9-8-21(35-22)18-14-27-30-16(18)2/h3-9,14,17H,1,10-13,15H2,2H3,(H,27,30)(H,28,29,34). The van der Waals surface area contributed by atoms with Gasteiger partial charge < -0.3 is 9.47 Å². The lowest BCUT2D eigenvalue weighted by molar-refractivity contribution is -0.125. The summed E-state index contributed by atoms with van der Waals surface area (Å²) in [5.74, 6) is 0.409. The highest BCUT2D eigenvalue weighted by Gasteiger charge is 2.50. The maximum absolute atomic E-state index is 13.2. The molecule has 1 aliphatic carbocycles. The van der Waals surface area contributed by atoms with Crippen LogP contribution in [0.2, 0.25) is 0 Å². The minimum absolute atomic E-state index is 0.00675. The third-order valence-corrected chi connectivity index (χ3v) is 8.49. The van der Waals surface area contributed by atoms with E-state index in [9.17, 15) is 9.59 Å². The largest absolute Gasteiger partial charge is 0.339 e. The normalized spacial score (nSPS) is 21.4. The zero-order valence-electron chi connectivity index (χ0n) is 19.5. The molecule has 8 nitrogen and oxygen atoms in total. The summed E-state index contributed by atoms with van der Waals surface area (Å²) in [5, 5.41) is 10.1. The van der Waals surface area contributed by atoms with E-state index >= 15 is 0 Å². The maximum atomic E-state index is 13.2. The number of rotatable bonds is 5. The zero-order valence-corrected chi connectivity index (χ0v) is 20.3. The van der Waals surface area contributed by atoms with Gasteiger partial charge in [-0.25, -0.2) is 4.98 Å². The van der Waals surface area contributed by atoms with Crippen molar-refractivity contribution in [2.24, 2.45) is 5.41 Å². The van der Waals surface area contributed by atoms with Gasteiger partial charge in [0.15, 0.2) is 0 Å². The van der Waals surface area contributed by atoms with Crippen LogP contribution in [-0.2, 0) is 4.79 Å². The van der Waals surface area contributed by atoms with E-state index in [0.29, 0.717) is 10.8 Å². The number of imidazole rings is 1. The zero-order chi connectivity index (χ0) is 24.2. The van der Waals surface area contributed by atoms with Crippen LogP contribution >= 0.6 is 11.3 Å². The second kappa shape index (κ2) is 8.20. The highest BCUT2D eigenvalue weighted by molar-refractivity contribution is 7.17. The number of hydrogen-bond acceptors (Lipinski definition) is 5. The number of hydrogen-bond donors (Lipinski definition) is 2. The number of benzene rings is 1. The molecule has 4 heterocycles. The number of nitrogens with zero attached hydrogens (tertiary/aromatic N) is 4. The molecule has 178 valence electrons. The number of fused-ring (bicyclic) bond motifs is 1. The van der Waals surface area contributed by atoms with Gasteiger partial charge >= 0.3 is 0 Å². The Kier molecular flexibility index (Phi) is 5.10. The number of aromatic nitrogens is 4. The van der Waals surface area contributed by atoms with Crippen LogP contribution in [0.3, 0.4) is 0 Å². The summed E-state index contributed by atoms with van der Waals surface area (Å²) < 4.78 is 2.17. The monoisotopic (exact) mass is 486 g/mol. The number of carbonyl (C=O) groups excluding carboxylic acids is 2. The Hall–Kier alpha value is -3.72. The molecular formula is C26H26N6O2S. The van der Waals surface area contributed by atoms with Gasteiger partial charge in [0.25, 0.3) is 5.91 Å². The average Bonchev–Trinajstić information content (AvgIpc) is 3.62. The van der Waals surface area contributed by atoms with Gasteiger partial charge in [0, 0.05) is 35.3 Å². The van der Waals surface area contributed by atoms with E-state index in [1.165, 1.54) is 17.4 Å². The molecule has 2 N–H and O–H groups in total. The molecule has 9 heteroatoms. The first-order valence-electron chi connectivity index (χ1n) is 11.8. The summed E-state index contributed by atoms with van der Waals surface area (Å²) in [6.45, 7) is 7.14. The number of nitrogens with one attached hydrogen (secondary N) is 2. The van der Waals surface area contributed by atoms with Gasteiger partial charge in [-0.05, 0) is 61.9 Å². The van der Waals surface area contributed by atoms with Crippen LogP contribution in [0.15, 0.2) is 55.3 Å². The minimum atomic E-state index is -0.170. The molecule has 0 radical (unpaired) electrons. The Morgan fingerprint density at radius 3 is 2.86 bits per heavy atom. The van der Waals surface area contributed by atoms with Crippen molar-refractivity contribution >= 4 is 40.1 Å². The first kappa shape index (κ1) is 21.8. The van der Waals surface area contributed by atoms with E-state index in [-0.39, 0.29) is 23.3 Å². The van der Waals surface area contributed by atoms with Gasteiger partial charge in [-0.3, -0.25) is 20.0 Å². The molecule has 2 amide bonds. The first-order chi connectivity index (χ1) is 17.0. The summed E-state index contributed by atoms with van der Waals surface area (Å²) in [5.41, 5.74) is 3.99. The highest BCUT2D eigenvalue weighted by Crippen LogP contribution is 2.55. The Bertz CT molecular complexity index is 1460. The molecule has 6 rings (SSSR count). The molecule has 0 unspecified atom stereocenters. The number of thiophene rings is 1.